The van der Waals surface area contributed by atoms with E-state index in [-0.39, 0.29) is 12.2 Å². The van der Waals surface area contributed by atoms with Gasteiger partial charge in [-0.25, -0.2) is 0 Å². The van der Waals surface area contributed by atoms with Crippen LogP contribution in [0.3, 0.4) is 0 Å². The van der Waals surface area contributed by atoms with Crippen LogP contribution in [0.25, 0.3) is 0 Å². The van der Waals surface area contributed by atoms with Gasteiger partial charge in [-0.15, -0.1) is 0 Å². The minimum Gasteiger partial charge on any atom is -0.411 e. The molecule has 0 aliphatic carbocycles. The SMILES string of the molecule is CO[C@@H]1O[C@H](C(=O)CC(=NO)C(C)(C)C)[C@H]2OC(C)(C)O[C@@H]12. The Morgan fingerprint density at radius 2 is 1.86 bits per heavy atom. The van der Waals surface area contributed by atoms with Crippen molar-refractivity contribution in [1.29, 1.82) is 0 Å². The van der Waals surface area contributed by atoms with Crippen LogP contribution in [-0.2, 0) is 23.7 Å². The van der Waals surface area contributed by atoms with E-state index in [1.54, 1.807) is 13.8 Å². The topological polar surface area (TPSA) is 86.6 Å². The number of Topliss-reactive ketones (excluding diaryl/α,β-unsaturated/α-hetero) is 1. The Morgan fingerprint density at radius 3 is 2.36 bits per heavy atom. The third-order valence-corrected chi connectivity index (χ3v) is 3.89. The fourth-order valence-electron chi connectivity index (χ4n) is 2.73. The average Bonchev–Trinajstić information content (AvgIpc) is 2.87. The minimum atomic E-state index is -0.796. The molecule has 0 aromatic heterocycles. The maximum Gasteiger partial charge on any atom is 0.187 e. The number of carbonyl (C=O) groups is 1. The van der Waals surface area contributed by atoms with Gasteiger partial charge in [-0.2, -0.15) is 0 Å². The van der Waals surface area contributed by atoms with Crippen molar-refractivity contribution in [1.82, 2.24) is 0 Å². The highest BCUT2D eigenvalue weighted by molar-refractivity contribution is 6.06. The number of carbonyl (C=O) groups excluding carboxylic acids is 1. The molecule has 1 N–H and O–H groups in total. The predicted octanol–water partition coefficient (Wildman–Crippen LogP) is 1.71. The molecule has 7 nitrogen and oxygen atoms in total. The molecule has 2 saturated heterocycles. The van der Waals surface area contributed by atoms with Gasteiger partial charge in [0, 0.05) is 12.5 Å². The zero-order chi connectivity index (χ0) is 16.7. The second-order valence-electron chi connectivity index (χ2n) is 7.17. The monoisotopic (exact) mass is 315 g/mol. The first-order chi connectivity index (χ1) is 10.1. The number of fused-ring (bicyclic) bond motifs is 1. The lowest BCUT2D eigenvalue weighted by Crippen LogP contribution is -2.38. The van der Waals surface area contributed by atoms with Crippen molar-refractivity contribution < 1.29 is 28.9 Å². The number of ether oxygens (including phenoxy) is 4. The number of methoxy groups -OCH3 is 1. The van der Waals surface area contributed by atoms with Crippen molar-refractivity contribution in [2.45, 2.75) is 71.4 Å². The molecule has 0 amide bonds. The molecular formula is C15H25NO6. The summed E-state index contributed by atoms with van der Waals surface area (Å²) in [6.45, 7) is 9.21. The Kier molecular flexibility index (Phi) is 4.64. The van der Waals surface area contributed by atoms with Gasteiger partial charge in [-0.1, -0.05) is 25.9 Å². The van der Waals surface area contributed by atoms with E-state index in [4.69, 9.17) is 24.2 Å². The molecule has 0 radical (unpaired) electrons. The van der Waals surface area contributed by atoms with Gasteiger partial charge in [0.2, 0.25) is 0 Å². The predicted molar refractivity (Wildman–Crippen MR) is 77.8 cm³/mol. The minimum absolute atomic E-state index is 0.00584. The van der Waals surface area contributed by atoms with Crippen LogP contribution in [0.15, 0.2) is 5.16 Å². The highest BCUT2D eigenvalue weighted by atomic mass is 16.8. The Hall–Kier alpha value is -1.02. The van der Waals surface area contributed by atoms with Crippen molar-refractivity contribution in [3.8, 4) is 0 Å². The molecule has 0 aromatic carbocycles. The first-order valence-corrected chi connectivity index (χ1v) is 7.37. The van der Waals surface area contributed by atoms with Gasteiger partial charge < -0.3 is 24.2 Å². The first-order valence-electron chi connectivity index (χ1n) is 7.37. The number of rotatable bonds is 4. The van der Waals surface area contributed by atoms with E-state index in [0.717, 1.165) is 0 Å². The summed E-state index contributed by atoms with van der Waals surface area (Å²) in [5.74, 6) is -0.995. The molecule has 7 heteroatoms. The lowest BCUT2D eigenvalue weighted by atomic mass is 9.86. The van der Waals surface area contributed by atoms with Crippen molar-refractivity contribution in [3.05, 3.63) is 0 Å². The molecule has 0 saturated carbocycles. The zero-order valence-corrected chi connectivity index (χ0v) is 14.0. The van der Waals surface area contributed by atoms with Crippen LogP contribution in [0.1, 0.15) is 41.0 Å². The molecule has 126 valence electrons. The van der Waals surface area contributed by atoms with Crippen LogP contribution in [0.5, 0.6) is 0 Å². The highest BCUT2D eigenvalue weighted by Gasteiger charge is 2.57. The lowest BCUT2D eigenvalue weighted by molar-refractivity contribution is -0.225. The Balaban J connectivity index is 2.13. The third kappa shape index (κ3) is 3.32. The second kappa shape index (κ2) is 5.88. The molecule has 2 heterocycles. The number of hydrogen-bond acceptors (Lipinski definition) is 7. The number of oxime groups is 1. The lowest BCUT2D eigenvalue weighted by Gasteiger charge is -2.24. The molecule has 0 bridgehead atoms. The summed E-state index contributed by atoms with van der Waals surface area (Å²) in [7, 11) is 1.50. The second-order valence-corrected chi connectivity index (χ2v) is 7.17. The van der Waals surface area contributed by atoms with Crippen LogP contribution >= 0.6 is 0 Å². The summed E-state index contributed by atoms with van der Waals surface area (Å²) >= 11 is 0. The molecule has 0 unspecified atom stereocenters. The van der Waals surface area contributed by atoms with Gasteiger partial charge in [-0.05, 0) is 13.8 Å². The van der Waals surface area contributed by atoms with Gasteiger partial charge in [0.25, 0.3) is 0 Å². The zero-order valence-electron chi connectivity index (χ0n) is 14.0. The number of ketones is 1. The van der Waals surface area contributed by atoms with E-state index in [1.807, 2.05) is 20.8 Å². The van der Waals surface area contributed by atoms with Crippen molar-refractivity contribution in [3.63, 3.8) is 0 Å². The van der Waals surface area contributed by atoms with Crippen molar-refractivity contribution >= 4 is 11.5 Å². The van der Waals surface area contributed by atoms with Gasteiger partial charge in [0.15, 0.2) is 17.9 Å². The third-order valence-electron chi connectivity index (χ3n) is 3.89. The standard InChI is InChI=1S/C15H25NO6/c1-14(2,3)9(16-18)7-8(17)10-11-12(13(19-6)20-10)22-15(4,5)21-11/h10-13,18H,7H2,1-6H3/t10-,11-,12-,13-/m1/s1. The summed E-state index contributed by atoms with van der Waals surface area (Å²) in [6, 6.07) is 0. The molecule has 0 aromatic rings. The molecule has 0 spiro atoms. The summed E-state index contributed by atoms with van der Waals surface area (Å²) in [5.41, 5.74) is -0.00765. The molecule has 2 aliphatic rings. The average molecular weight is 315 g/mol. The van der Waals surface area contributed by atoms with Gasteiger partial charge in [-0.3, -0.25) is 4.79 Å². The molecule has 2 rings (SSSR count). The first kappa shape index (κ1) is 17.3. The largest absolute Gasteiger partial charge is 0.411 e. The van der Waals surface area contributed by atoms with Gasteiger partial charge in [0.1, 0.15) is 18.3 Å². The normalized spacial score (nSPS) is 34.7. The summed E-state index contributed by atoms with van der Waals surface area (Å²) in [4.78, 5) is 12.6. The van der Waals surface area contributed by atoms with E-state index in [9.17, 15) is 4.79 Å². The van der Waals surface area contributed by atoms with Crippen LogP contribution in [0.2, 0.25) is 0 Å². The maximum atomic E-state index is 12.6. The van der Waals surface area contributed by atoms with Gasteiger partial charge >= 0.3 is 0 Å². The highest BCUT2D eigenvalue weighted by Crippen LogP contribution is 2.39. The maximum absolute atomic E-state index is 12.6. The molecule has 22 heavy (non-hydrogen) atoms. The van der Waals surface area contributed by atoms with Crippen molar-refractivity contribution in [2.75, 3.05) is 7.11 Å². The van der Waals surface area contributed by atoms with Crippen LogP contribution in [-0.4, -0.2) is 54.2 Å². The van der Waals surface area contributed by atoms with Crippen molar-refractivity contribution in [2.24, 2.45) is 10.6 Å². The van der Waals surface area contributed by atoms with E-state index < -0.39 is 35.8 Å². The Bertz CT molecular complexity index is 467. The van der Waals surface area contributed by atoms with E-state index in [1.165, 1.54) is 7.11 Å². The Morgan fingerprint density at radius 1 is 1.27 bits per heavy atom. The summed E-state index contributed by atoms with van der Waals surface area (Å²) < 4.78 is 22.4. The number of nitrogens with zero attached hydrogens (tertiary/aromatic N) is 1. The summed E-state index contributed by atoms with van der Waals surface area (Å²) in [6.07, 6.45) is -2.42. The molecule has 4 atom stereocenters. The van der Waals surface area contributed by atoms with E-state index in [2.05, 4.69) is 5.16 Å². The smallest absolute Gasteiger partial charge is 0.187 e. The van der Waals surface area contributed by atoms with E-state index in [0.29, 0.717) is 5.71 Å². The molecule has 2 fully saturated rings. The fraction of sp³-hybridized carbons (Fsp3) is 0.867. The van der Waals surface area contributed by atoms with Crippen LogP contribution < -0.4 is 0 Å². The molecule has 2 aliphatic heterocycles. The van der Waals surface area contributed by atoms with E-state index >= 15 is 0 Å². The van der Waals surface area contributed by atoms with Crippen LogP contribution in [0.4, 0.5) is 0 Å². The van der Waals surface area contributed by atoms with Gasteiger partial charge in [0.05, 0.1) is 12.1 Å². The summed E-state index contributed by atoms with van der Waals surface area (Å²) in [5, 5.41) is 12.4. The quantitative estimate of drug-likeness (QED) is 0.483. The Labute approximate surface area is 130 Å². The number of hydrogen-bond donors (Lipinski definition) is 1. The molecular weight excluding hydrogens is 290 g/mol. The fourth-order valence-corrected chi connectivity index (χ4v) is 2.73. The van der Waals surface area contributed by atoms with Crippen LogP contribution in [0, 0.1) is 5.41 Å².